The van der Waals surface area contributed by atoms with E-state index < -0.39 is 0 Å². The van der Waals surface area contributed by atoms with Crippen molar-refractivity contribution in [2.45, 2.75) is 50.4 Å². The third-order valence-corrected chi connectivity index (χ3v) is 6.24. The first-order chi connectivity index (χ1) is 11.1. The maximum absolute atomic E-state index is 4.60. The number of nitrogens with one attached hydrogen (secondary N) is 2. The number of aliphatic imine (C=N–C) groups is 1. The molecule has 2 unspecified atom stereocenters. The molecule has 0 saturated heterocycles. The largest absolute Gasteiger partial charge is 0.354 e. The van der Waals surface area contributed by atoms with Crippen LogP contribution in [0.2, 0.25) is 0 Å². The fourth-order valence-electron chi connectivity index (χ4n) is 2.81. The minimum atomic E-state index is 0. The van der Waals surface area contributed by atoms with Gasteiger partial charge in [0.15, 0.2) is 11.1 Å². The lowest BCUT2D eigenvalue weighted by Gasteiger charge is -2.30. The number of thiazole rings is 1. The van der Waals surface area contributed by atoms with Crippen molar-refractivity contribution in [3.8, 4) is 0 Å². The first-order valence-electron chi connectivity index (χ1n) is 8.32. The van der Waals surface area contributed by atoms with Crippen LogP contribution in [-0.2, 0) is 6.54 Å². The molecular formula is C16H30IN5S2. The second kappa shape index (κ2) is 11.4. The zero-order valence-corrected chi connectivity index (χ0v) is 19.0. The van der Waals surface area contributed by atoms with Crippen LogP contribution < -0.4 is 15.5 Å². The minimum absolute atomic E-state index is 0. The Hall–Kier alpha value is -0.220. The van der Waals surface area contributed by atoms with Crippen LogP contribution in [0, 0.1) is 0 Å². The Kier molecular flexibility index (Phi) is 10.4. The molecule has 2 atom stereocenters. The van der Waals surface area contributed by atoms with Gasteiger partial charge in [-0.2, -0.15) is 11.8 Å². The van der Waals surface area contributed by atoms with E-state index in [1.54, 1.807) is 11.3 Å². The van der Waals surface area contributed by atoms with Crippen LogP contribution >= 0.6 is 47.1 Å². The molecule has 0 bridgehead atoms. The number of guanidine groups is 1. The van der Waals surface area contributed by atoms with Gasteiger partial charge in [0.25, 0.3) is 0 Å². The molecule has 1 aromatic rings. The van der Waals surface area contributed by atoms with E-state index in [1.165, 1.54) is 31.4 Å². The molecule has 2 N–H and O–H groups in total. The summed E-state index contributed by atoms with van der Waals surface area (Å²) in [4.78, 5) is 11.0. The quantitative estimate of drug-likeness (QED) is 0.368. The molecule has 2 rings (SSSR count). The molecule has 1 aliphatic carbocycles. The highest BCUT2D eigenvalue weighted by molar-refractivity contribution is 14.0. The number of rotatable bonds is 6. The second-order valence-electron chi connectivity index (χ2n) is 6.03. The summed E-state index contributed by atoms with van der Waals surface area (Å²) in [6.07, 6.45) is 5.14. The molecule has 0 radical (unpaired) electrons. The van der Waals surface area contributed by atoms with Crippen LogP contribution in [0.5, 0.6) is 0 Å². The highest BCUT2D eigenvalue weighted by Gasteiger charge is 2.22. The Bertz CT molecular complexity index is 504. The van der Waals surface area contributed by atoms with Crippen molar-refractivity contribution < 1.29 is 0 Å². The Morgan fingerprint density at radius 3 is 2.88 bits per heavy atom. The van der Waals surface area contributed by atoms with E-state index in [-0.39, 0.29) is 24.0 Å². The van der Waals surface area contributed by atoms with Gasteiger partial charge in [0, 0.05) is 37.8 Å². The third-order valence-electron chi connectivity index (χ3n) is 3.95. The number of hydrogen-bond acceptors (Lipinski definition) is 5. The predicted molar refractivity (Wildman–Crippen MR) is 119 cm³/mol. The summed E-state index contributed by atoms with van der Waals surface area (Å²) in [5.41, 5.74) is 1.06. The van der Waals surface area contributed by atoms with Gasteiger partial charge in [0.2, 0.25) is 0 Å². The molecule has 0 spiro atoms. The molecule has 24 heavy (non-hydrogen) atoms. The van der Waals surface area contributed by atoms with Gasteiger partial charge < -0.3 is 15.5 Å². The van der Waals surface area contributed by atoms with Gasteiger partial charge in [-0.05, 0) is 25.0 Å². The number of aromatic nitrogens is 1. The topological polar surface area (TPSA) is 52.6 Å². The number of nitrogens with zero attached hydrogens (tertiary/aromatic N) is 3. The van der Waals surface area contributed by atoms with Crippen molar-refractivity contribution in [2.75, 3.05) is 31.8 Å². The van der Waals surface area contributed by atoms with E-state index in [4.69, 9.17) is 0 Å². The highest BCUT2D eigenvalue weighted by Crippen LogP contribution is 2.28. The van der Waals surface area contributed by atoms with Gasteiger partial charge in [-0.3, -0.25) is 4.99 Å². The van der Waals surface area contributed by atoms with Crippen LogP contribution in [0.4, 0.5) is 5.13 Å². The number of hydrogen-bond donors (Lipinski definition) is 2. The molecule has 0 amide bonds. The molecule has 0 aliphatic heterocycles. The van der Waals surface area contributed by atoms with Crippen molar-refractivity contribution in [3.63, 3.8) is 0 Å². The lowest BCUT2D eigenvalue weighted by Crippen LogP contribution is -2.45. The zero-order valence-electron chi connectivity index (χ0n) is 15.0. The number of halogens is 1. The molecule has 0 aromatic carbocycles. The Labute approximate surface area is 171 Å². The summed E-state index contributed by atoms with van der Waals surface area (Å²) in [7, 11) is 5.87. The molecule has 8 heteroatoms. The SMILES string of the molecule is CCSC1CCCC(NC(=NC)NCc2csc(N(C)C)n2)C1.I. The minimum Gasteiger partial charge on any atom is -0.354 e. The molecule has 1 aliphatic rings. The van der Waals surface area contributed by atoms with E-state index in [0.717, 1.165) is 22.0 Å². The van der Waals surface area contributed by atoms with E-state index in [0.29, 0.717) is 12.6 Å². The van der Waals surface area contributed by atoms with Gasteiger partial charge in [-0.1, -0.05) is 13.3 Å². The standard InChI is InChI=1S/C16H29N5S2.HI/c1-5-22-14-8-6-7-12(9-14)19-15(17-2)18-10-13-11-23-16(20-13)21(3)4;/h11-12,14H,5-10H2,1-4H3,(H2,17,18,19);1H. The number of anilines is 1. The van der Waals surface area contributed by atoms with E-state index in [2.05, 4.69) is 44.7 Å². The molecule has 1 aromatic heterocycles. The van der Waals surface area contributed by atoms with Crippen molar-refractivity contribution >= 4 is 58.2 Å². The summed E-state index contributed by atoms with van der Waals surface area (Å²) < 4.78 is 0. The Balaban J connectivity index is 0.00000288. The fraction of sp³-hybridized carbons (Fsp3) is 0.750. The van der Waals surface area contributed by atoms with Gasteiger partial charge in [0.05, 0.1) is 12.2 Å². The van der Waals surface area contributed by atoms with Crippen LogP contribution in [0.1, 0.15) is 38.3 Å². The lowest BCUT2D eigenvalue weighted by molar-refractivity contribution is 0.418. The van der Waals surface area contributed by atoms with Gasteiger partial charge in [-0.25, -0.2) is 4.98 Å². The van der Waals surface area contributed by atoms with Crippen molar-refractivity contribution in [2.24, 2.45) is 4.99 Å². The Morgan fingerprint density at radius 1 is 1.46 bits per heavy atom. The van der Waals surface area contributed by atoms with Crippen molar-refractivity contribution in [1.29, 1.82) is 0 Å². The third kappa shape index (κ3) is 6.95. The Morgan fingerprint density at radius 2 is 2.25 bits per heavy atom. The molecule has 1 fully saturated rings. The lowest BCUT2D eigenvalue weighted by atomic mass is 9.95. The summed E-state index contributed by atoms with van der Waals surface area (Å²) in [5, 5.41) is 10.9. The average molecular weight is 483 g/mol. The van der Waals surface area contributed by atoms with Crippen LogP contribution in [0.25, 0.3) is 0 Å². The van der Waals surface area contributed by atoms with E-state index >= 15 is 0 Å². The van der Waals surface area contributed by atoms with Crippen LogP contribution in [0.15, 0.2) is 10.4 Å². The van der Waals surface area contributed by atoms with Crippen LogP contribution in [-0.4, -0.2) is 49.1 Å². The monoisotopic (exact) mass is 483 g/mol. The van der Waals surface area contributed by atoms with Gasteiger partial charge in [-0.15, -0.1) is 35.3 Å². The van der Waals surface area contributed by atoms with E-state index in [9.17, 15) is 0 Å². The summed E-state index contributed by atoms with van der Waals surface area (Å²) in [6.45, 7) is 2.96. The molecule has 5 nitrogen and oxygen atoms in total. The first kappa shape index (κ1) is 21.8. The number of thioether (sulfide) groups is 1. The van der Waals surface area contributed by atoms with Crippen molar-refractivity contribution in [1.82, 2.24) is 15.6 Å². The highest BCUT2D eigenvalue weighted by atomic mass is 127. The van der Waals surface area contributed by atoms with Gasteiger partial charge >= 0.3 is 0 Å². The first-order valence-corrected chi connectivity index (χ1v) is 10.3. The summed E-state index contributed by atoms with van der Waals surface area (Å²) in [5.74, 6) is 2.10. The molecule has 1 saturated carbocycles. The van der Waals surface area contributed by atoms with Crippen LogP contribution in [0.3, 0.4) is 0 Å². The van der Waals surface area contributed by atoms with Gasteiger partial charge in [0.1, 0.15) is 0 Å². The summed E-state index contributed by atoms with van der Waals surface area (Å²) in [6, 6.07) is 0.534. The van der Waals surface area contributed by atoms with E-state index in [1.807, 2.05) is 26.0 Å². The fourth-order valence-corrected chi connectivity index (χ4v) is 4.74. The van der Waals surface area contributed by atoms with Crippen molar-refractivity contribution in [3.05, 3.63) is 11.1 Å². The normalized spacial score (nSPS) is 21.1. The smallest absolute Gasteiger partial charge is 0.191 e. The zero-order chi connectivity index (χ0) is 16.7. The maximum Gasteiger partial charge on any atom is 0.191 e. The second-order valence-corrected chi connectivity index (χ2v) is 8.44. The molecule has 138 valence electrons. The summed E-state index contributed by atoms with van der Waals surface area (Å²) >= 11 is 3.76. The predicted octanol–water partition coefficient (Wildman–Crippen LogP) is 3.56. The molecule has 1 heterocycles. The average Bonchev–Trinajstić information content (AvgIpc) is 3.01. The molecular weight excluding hydrogens is 453 g/mol. The maximum atomic E-state index is 4.60.